The van der Waals surface area contributed by atoms with Gasteiger partial charge >= 0.3 is 13.1 Å². The standard InChI is InChI=1S/C18H23BO4/c1-17(2)18(3,4)23-19(22-17)15-12-8-6-10-14(15)11-7-9-13-16(20)21-5/h6,8,10,12H,9,13H2,1-5H3. The predicted molar refractivity (Wildman–Crippen MR) is 90.3 cm³/mol. The molecule has 23 heavy (non-hydrogen) atoms. The van der Waals surface area contributed by atoms with Gasteiger partial charge in [-0.3, -0.25) is 4.79 Å². The molecule has 0 N–H and O–H groups in total. The van der Waals surface area contributed by atoms with Crippen LogP contribution in [0.25, 0.3) is 0 Å². The van der Waals surface area contributed by atoms with Crippen molar-refractivity contribution in [3.8, 4) is 11.8 Å². The molecule has 4 nitrogen and oxygen atoms in total. The number of methoxy groups -OCH3 is 1. The molecule has 1 aromatic rings. The van der Waals surface area contributed by atoms with Gasteiger partial charge in [0.25, 0.3) is 0 Å². The Balaban J connectivity index is 2.16. The minimum Gasteiger partial charge on any atom is -0.469 e. The van der Waals surface area contributed by atoms with Crippen molar-refractivity contribution >= 4 is 18.6 Å². The van der Waals surface area contributed by atoms with Crippen molar-refractivity contribution in [3.05, 3.63) is 29.8 Å². The van der Waals surface area contributed by atoms with Gasteiger partial charge in [-0.1, -0.05) is 30.0 Å². The van der Waals surface area contributed by atoms with Crippen molar-refractivity contribution in [2.45, 2.75) is 51.7 Å². The van der Waals surface area contributed by atoms with Crippen LogP contribution >= 0.6 is 0 Å². The number of ether oxygens (including phenoxy) is 1. The van der Waals surface area contributed by atoms with Crippen LogP contribution in [0.4, 0.5) is 0 Å². The summed E-state index contributed by atoms with van der Waals surface area (Å²) in [6.45, 7) is 8.10. The van der Waals surface area contributed by atoms with E-state index in [1.165, 1.54) is 7.11 Å². The Labute approximate surface area is 138 Å². The van der Waals surface area contributed by atoms with E-state index in [0.717, 1.165) is 11.0 Å². The first-order valence-corrected chi connectivity index (χ1v) is 7.77. The van der Waals surface area contributed by atoms with Gasteiger partial charge in [0.1, 0.15) is 0 Å². The fourth-order valence-corrected chi connectivity index (χ4v) is 2.21. The fourth-order valence-electron chi connectivity index (χ4n) is 2.21. The van der Waals surface area contributed by atoms with Gasteiger partial charge in [-0.05, 0) is 39.2 Å². The first kappa shape index (κ1) is 17.6. The van der Waals surface area contributed by atoms with E-state index >= 15 is 0 Å². The number of carbonyl (C=O) groups is 1. The molecule has 0 atom stereocenters. The zero-order valence-corrected chi connectivity index (χ0v) is 14.4. The van der Waals surface area contributed by atoms with Crippen molar-refractivity contribution in [1.29, 1.82) is 0 Å². The second-order valence-electron chi connectivity index (χ2n) is 6.55. The molecule has 5 heteroatoms. The second-order valence-corrected chi connectivity index (χ2v) is 6.55. The maximum absolute atomic E-state index is 11.1. The molecule has 122 valence electrons. The van der Waals surface area contributed by atoms with Crippen molar-refractivity contribution in [1.82, 2.24) is 0 Å². The molecule has 2 rings (SSSR count). The normalized spacial score (nSPS) is 18.2. The monoisotopic (exact) mass is 314 g/mol. The zero-order chi connectivity index (χ0) is 17.1. The third-order valence-corrected chi connectivity index (χ3v) is 4.37. The number of benzene rings is 1. The van der Waals surface area contributed by atoms with E-state index in [9.17, 15) is 4.79 Å². The minimum absolute atomic E-state index is 0.251. The summed E-state index contributed by atoms with van der Waals surface area (Å²) in [7, 11) is 0.940. The topological polar surface area (TPSA) is 44.8 Å². The van der Waals surface area contributed by atoms with Crippen LogP contribution in [0.1, 0.15) is 46.1 Å². The van der Waals surface area contributed by atoms with Crippen LogP contribution in [0.5, 0.6) is 0 Å². The van der Waals surface area contributed by atoms with Crippen molar-refractivity contribution in [3.63, 3.8) is 0 Å². The largest absolute Gasteiger partial charge is 0.496 e. The summed E-state index contributed by atoms with van der Waals surface area (Å²) in [5.74, 6) is 5.87. The second kappa shape index (κ2) is 6.78. The van der Waals surface area contributed by atoms with Crippen molar-refractivity contribution < 1.29 is 18.8 Å². The molecule has 0 radical (unpaired) electrons. The zero-order valence-electron chi connectivity index (χ0n) is 14.4. The Bertz CT molecular complexity index is 624. The summed E-state index contributed by atoms with van der Waals surface area (Å²) >= 11 is 0. The van der Waals surface area contributed by atoms with Gasteiger partial charge < -0.3 is 14.0 Å². The Morgan fingerprint density at radius 2 is 1.78 bits per heavy atom. The van der Waals surface area contributed by atoms with Crippen LogP contribution < -0.4 is 5.46 Å². The van der Waals surface area contributed by atoms with Crippen LogP contribution in [0.15, 0.2) is 24.3 Å². The molecule has 0 aliphatic carbocycles. The van der Waals surface area contributed by atoms with Gasteiger partial charge in [0.15, 0.2) is 0 Å². The smallest absolute Gasteiger partial charge is 0.469 e. The quantitative estimate of drug-likeness (QED) is 0.488. The summed E-state index contributed by atoms with van der Waals surface area (Å²) in [6, 6.07) is 7.77. The van der Waals surface area contributed by atoms with E-state index in [2.05, 4.69) is 16.6 Å². The van der Waals surface area contributed by atoms with Crippen molar-refractivity contribution in [2.24, 2.45) is 0 Å². The molecular weight excluding hydrogens is 291 g/mol. The molecule has 1 aromatic carbocycles. The van der Waals surface area contributed by atoms with Crippen LogP contribution in [0.3, 0.4) is 0 Å². The van der Waals surface area contributed by atoms with Crippen LogP contribution in [0.2, 0.25) is 0 Å². The Hall–Kier alpha value is -1.77. The molecule has 0 amide bonds. The minimum atomic E-state index is -0.439. The van der Waals surface area contributed by atoms with E-state index in [0.29, 0.717) is 12.8 Å². The lowest BCUT2D eigenvalue weighted by molar-refractivity contribution is -0.140. The van der Waals surface area contributed by atoms with E-state index in [1.807, 2.05) is 52.0 Å². The van der Waals surface area contributed by atoms with Crippen molar-refractivity contribution in [2.75, 3.05) is 7.11 Å². The number of carbonyl (C=O) groups excluding carboxylic acids is 1. The Morgan fingerprint density at radius 3 is 2.39 bits per heavy atom. The first-order valence-electron chi connectivity index (χ1n) is 7.77. The highest BCUT2D eigenvalue weighted by Gasteiger charge is 2.52. The number of hydrogen-bond acceptors (Lipinski definition) is 4. The summed E-state index contributed by atoms with van der Waals surface area (Å²) in [5, 5.41) is 0. The number of esters is 1. The van der Waals surface area contributed by atoms with Gasteiger partial charge in [0, 0.05) is 12.0 Å². The first-order chi connectivity index (χ1) is 10.8. The van der Waals surface area contributed by atoms with Gasteiger partial charge in [0.05, 0.1) is 24.7 Å². The molecule has 1 aliphatic rings. The summed E-state index contributed by atoms with van der Waals surface area (Å²) in [4.78, 5) is 11.1. The summed E-state index contributed by atoms with van der Waals surface area (Å²) in [6.07, 6.45) is 0.756. The average molecular weight is 314 g/mol. The maximum atomic E-state index is 11.1. The molecule has 0 aromatic heterocycles. The third kappa shape index (κ3) is 3.96. The predicted octanol–water partition coefficient (Wildman–Crippen LogP) is 2.29. The highest BCUT2D eigenvalue weighted by atomic mass is 16.7. The van der Waals surface area contributed by atoms with Crippen LogP contribution in [-0.4, -0.2) is 31.4 Å². The lowest BCUT2D eigenvalue weighted by Gasteiger charge is -2.32. The Morgan fingerprint density at radius 1 is 1.17 bits per heavy atom. The van der Waals surface area contributed by atoms with Gasteiger partial charge in [-0.15, -0.1) is 0 Å². The Kier molecular flexibility index (Phi) is 5.18. The molecule has 0 unspecified atom stereocenters. The summed E-state index contributed by atoms with van der Waals surface area (Å²) < 4.78 is 16.8. The van der Waals surface area contributed by atoms with Crippen LogP contribution in [0, 0.1) is 11.8 Å². The van der Waals surface area contributed by atoms with E-state index in [-0.39, 0.29) is 17.2 Å². The SMILES string of the molecule is COC(=O)CCC#Cc1ccccc1B1OC(C)(C)C(C)(C)O1. The van der Waals surface area contributed by atoms with E-state index in [1.54, 1.807) is 0 Å². The van der Waals surface area contributed by atoms with E-state index < -0.39 is 7.12 Å². The highest BCUT2D eigenvalue weighted by Crippen LogP contribution is 2.36. The lowest BCUT2D eigenvalue weighted by atomic mass is 9.76. The molecule has 1 fully saturated rings. The molecular formula is C18H23BO4. The summed E-state index contributed by atoms with van der Waals surface area (Å²) in [5.41, 5.74) is 0.999. The van der Waals surface area contributed by atoms with Gasteiger partial charge in [0.2, 0.25) is 0 Å². The molecule has 1 heterocycles. The van der Waals surface area contributed by atoms with Gasteiger partial charge in [-0.2, -0.15) is 0 Å². The number of rotatable bonds is 3. The third-order valence-electron chi connectivity index (χ3n) is 4.37. The van der Waals surface area contributed by atoms with Gasteiger partial charge in [-0.25, -0.2) is 0 Å². The molecule has 0 saturated carbocycles. The molecule has 0 spiro atoms. The number of hydrogen-bond donors (Lipinski definition) is 0. The molecule has 0 bridgehead atoms. The lowest BCUT2D eigenvalue weighted by Crippen LogP contribution is -2.41. The highest BCUT2D eigenvalue weighted by molar-refractivity contribution is 6.62. The fraction of sp³-hybridized carbons (Fsp3) is 0.500. The van der Waals surface area contributed by atoms with E-state index in [4.69, 9.17) is 9.31 Å². The maximum Gasteiger partial charge on any atom is 0.496 e. The molecule has 1 saturated heterocycles. The van der Waals surface area contributed by atoms with Crippen LogP contribution in [-0.2, 0) is 18.8 Å². The average Bonchev–Trinajstić information content (AvgIpc) is 2.72. The molecule has 1 aliphatic heterocycles.